The molecule has 82 valence electrons. The van der Waals surface area contributed by atoms with Gasteiger partial charge in [0.1, 0.15) is 0 Å². The zero-order chi connectivity index (χ0) is 11.0. The summed E-state index contributed by atoms with van der Waals surface area (Å²) in [5.41, 5.74) is 0. The molecule has 0 bridgehead atoms. The molecule has 14 heavy (non-hydrogen) atoms. The molecule has 0 aromatic heterocycles. The summed E-state index contributed by atoms with van der Waals surface area (Å²) < 4.78 is 29.5. The van der Waals surface area contributed by atoms with Crippen molar-refractivity contribution in [3.05, 3.63) is 12.2 Å². The molecule has 0 radical (unpaired) electrons. The number of unbranched alkanes of at least 4 members (excludes halogenated alkanes) is 3. The zero-order valence-electron chi connectivity index (χ0n) is 8.56. The molecule has 0 heterocycles. The monoisotopic (exact) mass is 206 g/mol. The Morgan fingerprint density at radius 1 is 1.43 bits per heavy atom. The Kier molecular flexibility index (Phi) is 6.08. The number of esters is 1. The van der Waals surface area contributed by atoms with Crippen LogP contribution in [0.25, 0.3) is 0 Å². The van der Waals surface area contributed by atoms with Crippen LogP contribution in [0, 0.1) is 0 Å². The van der Waals surface area contributed by atoms with Gasteiger partial charge in [-0.2, -0.15) is 8.78 Å². The Labute approximate surface area is 82.9 Å². The van der Waals surface area contributed by atoms with Gasteiger partial charge in [-0.15, -0.1) is 0 Å². The minimum absolute atomic E-state index is 0.570. The van der Waals surface area contributed by atoms with E-state index in [4.69, 9.17) is 0 Å². The number of halogens is 2. The Balaban J connectivity index is 3.89. The van der Waals surface area contributed by atoms with Crippen LogP contribution in [-0.4, -0.2) is 19.0 Å². The van der Waals surface area contributed by atoms with Gasteiger partial charge in [-0.05, 0) is 18.9 Å². The minimum Gasteiger partial charge on any atom is -0.464 e. The van der Waals surface area contributed by atoms with Crippen molar-refractivity contribution in [2.45, 2.75) is 38.5 Å². The van der Waals surface area contributed by atoms with Gasteiger partial charge in [-0.25, -0.2) is 4.79 Å². The number of methoxy groups -OCH3 is 1. The maximum Gasteiger partial charge on any atom is 0.381 e. The van der Waals surface area contributed by atoms with Gasteiger partial charge in [0.2, 0.25) is 0 Å². The first-order chi connectivity index (χ1) is 6.54. The molecule has 0 spiro atoms. The molecule has 0 saturated heterocycles. The van der Waals surface area contributed by atoms with E-state index >= 15 is 0 Å². The SMILES string of the molecule is CCCCC/C=C/C(F)(F)C(=O)OC. The number of carbonyl (C=O) groups is 1. The predicted octanol–water partition coefficient (Wildman–Crippen LogP) is 2.93. The standard InChI is InChI=1S/C10H16F2O2/c1-3-4-5-6-7-8-10(11,12)9(13)14-2/h7-8H,3-6H2,1-2H3/b8-7+. The maximum atomic E-state index is 12.8. The third-order valence-electron chi connectivity index (χ3n) is 1.76. The summed E-state index contributed by atoms with van der Waals surface area (Å²) in [6, 6.07) is 0. The molecule has 4 heteroatoms. The second-order valence-electron chi connectivity index (χ2n) is 3.01. The lowest BCUT2D eigenvalue weighted by atomic mass is 10.2. The van der Waals surface area contributed by atoms with E-state index in [1.165, 1.54) is 6.08 Å². The quantitative estimate of drug-likeness (QED) is 0.379. The van der Waals surface area contributed by atoms with E-state index in [-0.39, 0.29) is 0 Å². The van der Waals surface area contributed by atoms with Gasteiger partial charge in [-0.3, -0.25) is 0 Å². The van der Waals surface area contributed by atoms with Crippen LogP contribution in [0.5, 0.6) is 0 Å². The van der Waals surface area contributed by atoms with Crippen LogP contribution >= 0.6 is 0 Å². The molecule has 0 aliphatic heterocycles. The number of allylic oxidation sites excluding steroid dienone is 1. The third-order valence-corrected chi connectivity index (χ3v) is 1.76. The minimum atomic E-state index is -3.49. The molecule has 0 rings (SSSR count). The first-order valence-corrected chi connectivity index (χ1v) is 4.68. The van der Waals surface area contributed by atoms with E-state index in [1.807, 2.05) is 6.92 Å². The van der Waals surface area contributed by atoms with Crippen LogP contribution < -0.4 is 0 Å². The fourth-order valence-electron chi connectivity index (χ4n) is 0.948. The van der Waals surface area contributed by atoms with Crippen molar-refractivity contribution in [1.29, 1.82) is 0 Å². The highest BCUT2D eigenvalue weighted by Gasteiger charge is 2.36. The highest BCUT2D eigenvalue weighted by atomic mass is 19.3. The number of ether oxygens (including phenoxy) is 1. The van der Waals surface area contributed by atoms with Crippen molar-refractivity contribution >= 4 is 5.97 Å². The van der Waals surface area contributed by atoms with Gasteiger partial charge < -0.3 is 4.74 Å². The van der Waals surface area contributed by atoms with Crippen molar-refractivity contribution in [2.75, 3.05) is 7.11 Å². The first-order valence-electron chi connectivity index (χ1n) is 4.68. The number of carbonyl (C=O) groups excluding carboxylic acids is 1. The van der Waals surface area contributed by atoms with Crippen LogP contribution in [0.15, 0.2) is 12.2 Å². The van der Waals surface area contributed by atoms with Crippen molar-refractivity contribution in [3.8, 4) is 0 Å². The van der Waals surface area contributed by atoms with Crippen LogP contribution in [0.2, 0.25) is 0 Å². The molecule has 0 fully saturated rings. The highest BCUT2D eigenvalue weighted by Crippen LogP contribution is 2.17. The summed E-state index contributed by atoms with van der Waals surface area (Å²) >= 11 is 0. The Bertz CT molecular complexity index is 200. The summed E-state index contributed by atoms with van der Waals surface area (Å²) in [5, 5.41) is 0. The summed E-state index contributed by atoms with van der Waals surface area (Å²) in [6.45, 7) is 2.03. The molecular weight excluding hydrogens is 190 g/mol. The van der Waals surface area contributed by atoms with Crippen LogP contribution in [0.3, 0.4) is 0 Å². The van der Waals surface area contributed by atoms with Gasteiger partial charge in [0, 0.05) is 0 Å². The lowest BCUT2D eigenvalue weighted by Gasteiger charge is -2.07. The molecule has 0 atom stereocenters. The summed E-state index contributed by atoms with van der Waals surface area (Å²) in [6.07, 6.45) is 5.42. The topological polar surface area (TPSA) is 26.3 Å². The normalized spacial score (nSPS) is 12.0. The van der Waals surface area contributed by atoms with Gasteiger partial charge >= 0.3 is 11.9 Å². The molecule has 0 amide bonds. The average Bonchev–Trinajstić information content (AvgIpc) is 2.16. The Morgan fingerprint density at radius 2 is 2.07 bits per heavy atom. The summed E-state index contributed by atoms with van der Waals surface area (Å²) in [7, 11) is 0.946. The second-order valence-corrected chi connectivity index (χ2v) is 3.01. The number of alkyl halides is 2. The fourth-order valence-corrected chi connectivity index (χ4v) is 0.948. The third kappa shape index (κ3) is 4.94. The van der Waals surface area contributed by atoms with E-state index in [1.54, 1.807) is 0 Å². The van der Waals surface area contributed by atoms with Gasteiger partial charge in [-0.1, -0.05) is 25.8 Å². The molecule has 0 N–H and O–H groups in total. The second kappa shape index (κ2) is 6.51. The maximum absolute atomic E-state index is 12.8. The van der Waals surface area contributed by atoms with Gasteiger partial charge in [0.25, 0.3) is 0 Å². The lowest BCUT2D eigenvalue weighted by Crippen LogP contribution is -2.27. The van der Waals surface area contributed by atoms with Gasteiger partial charge in [0.05, 0.1) is 7.11 Å². The summed E-state index contributed by atoms with van der Waals surface area (Å²) in [4.78, 5) is 10.5. The van der Waals surface area contributed by atoms with E-state index in [0.717, 1.165) is 26.4 Å². The molecule has 0 aromatic rings. The number of rotatable bonds is 6. The molecule has 0 saturated carbocycles. The van der Waals surface area contributed by atoms with E-state index < -0.39 is 11.9 Å². The fraction of sp³-hybridized carbons (Fsp3) is 0.700. The smallest absolute Gasteiger partial charge is 0.381 e. The largest absolute Gasteiger partial charge is 0.464 e. The van der Waals surface area contributed by atoms with E-state index in [2.05, 4.69) is 4.74 Å². The van der Waals surface area contributed by atoms with Crippen LogP contribution in [0.4, 0.5) is 8.78 Å². The van der Waals surface area contributed by atoms with E-state index in [0.29, 0.717) is 12.5 Å². The van der Waals surface area contributed by atoms with Crippen molar-refractivity contribution in [1.82, 2.24) is 0 Å². The molecule has 0 aliphatic carbocycles. The molecular formula is C10H16F2O2. The molecule has 2 nitrogen and oxygen atoms in total. The van der Waals surface area contributed by atoms with Crippen LogP contribution in [0.1, 0.15) is 32.6 Å². The number of hydrogen-bond acceptors (Lipinski definition) is 2. The van der Waals surface area contributed by atoms with Crippen molar-refractivity contribution in [2.24, 2.45) is 0 Å². The molecule has 0 aromatic carbocycles. The first kappa shape index (κ1) is 13.1. The zero-order valence-corrected chi connectivity index (χ0v) is 8.56. The van der Waals surface area contributed by atoms with Crippen molar-refractivity contribution in [3.63, 3.8) is 0 Å². The summed E-state index contributed by atoms with van der Waals surface area (Å²) in [5.74, 6) is -5.00. The van der Waals surface area contributed by atoms with Gasteiger partial charge in [0.15, 0.2) is 0 Å². The molecule has 0 aliphatic rings. The Morgan fingerprint density at radius 3 is 2.57 bits per heavy atom. The van der Waals surface area contributed by atoms with Crippen LogP contribution in [-0.2, 0) is 9.53 Å². The lowest BCUT2D eigenvalue weighted by molar-refractivity contribution is -0.161. The average molecular weight is 206 g/mol. The number of hydrogen-bond donors (Lipinski definition) is 0. The predicted molar refractivity (Wildman–Crippen MR) is 50.2 cm³/mol. The highest BCUT2D eigenvalue weighted by molar-refractivity contribution is 5.79. The Hall–Kier alpha value is -0.930. The van der Waals surface area contributed by atoms with Crippen molar-refractivity contribution < 1.29 is 18.3 Å². The molecule has 0 unspecified atom stereocenters. The van der Waals surface area contributed by atoms with E-state index in [9.17, 15) is 13.6 Å².